The first-order valence-corrected chi connectivity index (χ1v) is 6.55. The molecule has 1 aromatic heterocycles. The number of aryl methyl sites for hydroxylation is 1. The van der Waals surface area contributed by atoms with E-state index in [9.17, 15) is 4.79 Å². The van der Waals surface area contributed by atoms with Crippen molar-refractivity contribution < 1.29 is 4.79 Å². The van der Waals surface area contributed by atoms with Crippen molar-refractivity contribution in [1.29, 1.82) is 0 Å². The zero-order valence-corrected chi connectivity index (χ0v) is 11.1. The SMILES string of the molecule is Cc1cccc(CN(C)C(=O)[C@H]2CCCNC2)n1. The zero-order chi connectivity index (χ0) is 13.0. The number of rotatable bonds is 3. The maximum absolute atomic E-state index is 12.2. The van der Waals surface area contributed by atoms with Crippen LogP contribution in [0.25, 0.3) is 0 Å². The van der Waals surface area contributed by atoms with Gasteiger partial charge < -0.3 is 10.2 Å². The number of nitrogens with one attached hydrogen (secondary N) is 1. The molecule has 2 rings (SSSR count). The summed E-state index contributed by atoms with van der Waals surface area (Å²) in [7, 11) is 1.86. The molecule has 0 saturated carbocycles. The minimum absolute atomic E-state index is 0.133. The molecule has 1 aromatic rings. The Morgan fingerprint density at radius 2 is 2.39 bits per heavy atom. The topological polar surface area (TPSA) is 45.2 Å². The molecule has 0 bridgehead atoms. The van der Waals surface area contributed by atoms with Crippen molar-refractivity contribution >= 4 is 5.91 Å². The lowest BCUT2D eigenvalue weighted by Crippen LogP contribution is -2.41. The van der Waals surface area contributed by atoms with Gasteiger partial charge in [-0.25, -0.2) is 0 Å². The highest BCUT2D eigenvalue weighted by atomic mass is 16.2. The first-order valence-electron chi connectivity index (χ1n) is 6.55. The summed E-state index contributed by atoms with van der Waals surface area (Å²) >= 11 is 0. The van der Waals surface area contributed by atoms with Crippen LogP contribution in [0.3, 0.4) is 0 Å². The maximum Gasteiger partial charge on any atom is 0.227 e. The number of amides is 1. The molecule has 0 radical (unpaired) electrons. The quantitative estimate of drug-likeness (QED) is 0.877. The average Bonchev–Trinajstić information content (AvgIpc) is 2.39. The highest BCUT2D eigenvalue weighted by Gasteiger charge is 2.23. The summed E-state index contributed by atoms with van der Waals surface area (Å²) in [5, 5.41) is 3.28. The third kappa shape index (κ3) is 3.29. The fourth-order valence-corrected chi connectivity index (χ4v) is 2.38. The molecule has 4 nitrogen and oxygen atoms in total. The summed E-state index contributed by atoms with van der Waals surface area (Å²) in [5.74, 6) is 0.360. The van der Waals surface area contributed by atoms with Gasteiger partial charge in [-0.2, -0.15) is 0 Å². The molecular formula is C14H21N3O. The van der Waals surface area contributed by atoms with Gasteiger partial charge in [-0.05, 0) is 38.4 Å². The van der Waals surface area contributed by atoms with Crippen LogP contribution in [-0.2, 0) is 11.3 Å². The van der Waals surface area contributed by atoms with Crippen LogP contribution < -0.4 is 5.32 Å². The van der Waals surface area contributed by atoms with Gasteiger partial charge in [0, 0.05) is 19.3 Å². The van der Waals surface area contributed by atoms with Gasteiger partial charge in [0.15, 0.2) is 0 Å². The lowest BCUT2D eigenvalue weighted by Gasteiger charge is -2.26. The van der Waals surface area contributed by atoms with E-state index in [4.69, 9.17) is 0 Å². The third-order valence-electron chi connectivity index (χ3n) is 3.37. The molecule has 0 aromatic carbocycles. The summed E-state index contributed by atoms with van der Waals surface area (Å²) in [5.41, 5.74) is 1.95. The number of pyridine rings is 1. The minimum Gasteiger partial charge on any atom is -0.340 e. The third-order valence-corrected chi connectivity index (χ3v) is 3.37. The molecule has 98 valence electrons. The average molecular weight is 247 g/mol. The molecule has 1 fully saturated rings. The number of hydrogen-bond donors (Lipinski definition) is 1. The Hall–Kier alpha value is -1.42. The largest absolute Gasteiger partial charge is 0.340 e. The summed E-state index contributed by atoms with van der Waals surface area (Å²) in [4.78, 5) is 18.5. The van der Waals surface area contributed by atoms with Crippen molar-refractivity contribution in [2.24, 2.45) is 5.92 Å². The second-order valence-electron chi connectivity index (χ2n) is 5.01. The molecule has 1 N–H and O–H groups in total. The van der Waals surface area contributed by atoms with Gasteiger partial charge in [-0.1, -0.05) is 6.07 Å². The van der Waals surface area contributed by atoms with Crippen LogP contribution in [0.4, 0.5) is 0 Å². The highest BCUT2D eigenvalue weighted by Crippen LogP contribution is 2.14. The van der Waals surface area contributed by atoms with Crippen LogP contribution >= 0.6 is 0 Å². The molecular weight excluding hydrogens is 226 g/mol. The maximum atomic E-state index is 12.2. The van der Waals surface area contributed by atoms with Crippen LogP contribution in [-0.4, -0.2) is 35.9 Å². The fourth-order valence-electron chi connectivity index (χ4n) is 2.38. The first-order chi connectivity index (χ1) is 8.66. The van der Waals surface area contributed by atoms with Gasteiger partial charge in [0.2, 0.25) is 5.91 Å². The van der Waals surface area contributed by atoms with E-state index in [2.05, 4.69) is 10.3 Å². The van der Waals surface area contributed by atoms with E-state index in [1.165, 1.54) is 0 Å². The Labute approximate surface area is 108 Å². The van der Waals surface area contributed by atoms with E-state index < -0.39 is 0 Å². The van der Waals surface area contributed by atoms with Gasteiger partial charge in [0.25, 0.3) is 0 Å². The molecule has 1 amide bonds. The fraction of sp³-hybridized carbons (Fsp3) is 0.571. The Balaban J connectivity index is 1.94. The second kappa shape index (κ2) is 5.96. The highest BCUT2D eigenvalue weighted by molar-refractivity contribution is 5.78. The van der Waals surface area contributed by atoms with E-state index in [0.717, 1.165) is 37.3 Å². The Morgan fingerprint density at radius 1 is 1.56 bits per heavy atom. The molecule has 0 spiro atoms. The molecule has 18 heavy (non-hydrogen) atoms. The van der Waals surface area contributed by atoms with Gasteiger partial charge in [0.05, 0.1) is 18.2 Å². The molecule has 0 aliphatic carbocycles. The lowest BCUT2D eigenvalue weighted by molar-refractivity contribution is -0.135. The van der Waals surface area contributed by atoms with Crippen LogP contribution in [0.5, 0.6) is 0 Å². The number of carbonyl (C=O) groups is 1. The van der Waals surface area contributed by atoms with E-state index in [1.807, 2.05) is 32.2 Å². The number of aromatic nitrogens is 1. The van der Waals surface area contributed by atoms with Crippen LogP contribution in [0.2, 0.25) is 0 Å². The zero-order valence-electron chi connectivity index (χ0n) is 11.1. The predicted octanol–water partition coefficient (Wildman–Crippen LogP) is 1.35. The smallest absolute Gasteiger partial charge is 0.227 e. The van der Waals surface area contributed by atoms with Gasteiger partial charge in [-0.3, -0.25) is 9.78 Å². The van der Waals surface area contributed by atoms with Gasteiger partial charge >= 0.3 is 0 Å². The van der Waals surface area contributed by atoms with Crippen molar-refractivity contribution in [2.75, 3.05) is 20.1 Å². The molecule has 4 heteroatoms. The Bertz CT molecular complexity index is 413. The lowest BCUT2D eigenvalue weighted by atomic mass is 9.98. The van der Waals surface area contributed by atoms with Crippen LogP contribution in [0.1, 0.15) is 24.2 Å². The number of carbonyl (C=O) groups excluding carboxylic acids is 1. The molecule has 1 atom stereocenters. The molecule has 1 saturated heterocycles. The molecule has 0 unspecified atom stereocenters. The Kier molecular flexibility index (Phi) is 4.31. The van der Waals surface area contributed by atoms with Crippen LogP contribution in [0, 0.1) is 12.8 Å². The van der Waals surface area contributed by atoms with Crippen molar-refractivity contribution in [1.82, 2.24) is 15.2 Å². The molecule has 1 aliphatic rings. The summed E-state index contributed by atoms with van der Waals surface area (Å²) in [6.45, 7) is 4.41. The van der Waals surface area contributed by atoms with Crippen LogP contribution in [0.15, 0.2) is 18.2 Å². The normalized spacial score (nSPS) is 19.6. The number of hydrogen-bond acceptors (Lipinski definition) is 3. The summed E-state index contributed by atoms with van der Waals surface area (Å²) in [6.07, 6.45) is 2.09. The van der Waals surface area contributed by atoms with Crippen molar-refractivity contribution in [2.45, 2.75) is 26.3 Å². The van der Waals surface area contributed by atoms with E-state index in [0.29, 0.717) is 6.54 Å². The number of nitrogens with zero attached hydrogens (tertiary/aromatic N) is 2. The monoisotopic (exact) mass is 247 g/mol. The van der Waals surface area contributed by atoms with Crippen molar-refractivity contribution in [3.8, 4) is 0 Å². The summed E-state index contributed by atoms with van der Waals surface area (Å²) < 4.78 is 0. The standard InChI is InChI=1S/C14H21N3O/c1-11-5-3-7-13(16-11)10-17(2)14(18)12-6-4-8-15-9-12/h3,5,7,12,15H,4,6,8-10H2,1-2H3/t12-/m0/s1. The first kappa shape index (κ1) is 13.0. The minimum atomic E-state index is 0.133. The van der Waals surface area contributed by atoms with Crippen molar-refractivity contribution in [3.63, 3.8) is 0 Å². The predicted molar refractivity (Wildman–Crippen MR) is 71.0 cm³/mol. The molecule has 2 heterocycles. The van der Waals surface area contributed by atoms with E-state index in [1.54, 1.807) is 4.90 Å². The number of piperidine rings is 1. The van der Waals surface area contributed by atoms with E-state index in [-0.39, 0.29) is 11.8 Å². The Morgan fingerprint density at radius 3 is 3.06 bits per heavy atom. The second-order valence-corrected chi connectivity index (χ2v) is 5.01. The van der Waals surface area contributed by atoms with Gasteiger partial charge in [-0.15, -0.1) is 0 Å². The summed E-state index contributed by atoms with van der Waals surface area (Å²) in [6, 6.07) is 5.92. The van der Waals surface area contributed by atoms with Gasteiger partial charge in [0.1, 0.15) is 0 Å². The van der Waals surface area contributed by atoms with Crippen molar-refractivity contribution in [3.05, 3.63) is 29.6 Å². The molecule has 1 aliphatic heterocycles. The van der Waals surface area contributed by atoms with E-state index >= 15 is 0 Å².